The van der Waals surface area contributed by atoms with Gasteiger partial charge in [-0.15, -0.1) is 22.7 Å². The van der Waals surface area contributed by atoms with E-state index in [0.29, 0.717) is 29.0 Å². The number of aromatic nitrogens is 3. The Balaban J connectivity index is 1.30. The third kappa shape index (κ3) is 3.44. The second kappa shape index (κ2) is 7.78. The molecule has 1 saturated heterocycles. The van der Waals surface area contributed by atoms with Gasteiger partial charge < -0.3 is 4.90 Å². The van der Waals surface area contributed by atoms with Crippen LogP contribution in [0.3, 0.4) is 0 Å². The zero-order valence-corrected chi connectivity index (χ0v) is 18.7. The molecule has 8 nitrogen and oxygen atoms in total. The van der Waals surface area contributed by atoms with Crippen molar-refractivity contribution in [2.45, 2.75) is 4.90 Å². The van der Waals surface area contributed by atoms with E-state index in [2.05, 4.69) is 13.7 Å². The van der Waals surface area contributed by atoms with Gasteiger partial charge in [0.1, 0.15) is 25.8 Å². The third-order valence-corrected chi connectivity index (χ3v) is 9.34. The number of sulfonamides is 1. The molecule has 3 aromatic heterocycles. The van der Waals surface area contributed by atoms with Gasteiger partial charge in [-0.05, 0) is 23.6 Å². The van der Waals surface area contributed by atoms with Gasteiger partial charge in [-0.3, -0.25) is 4.79 Å². The zero-order chi connectivity index (χ0) is 20.7. The molecule has 4 aromatic rings. The Morgan fingerprint density at radius 1 is 1.03 bits per heavy atom. The number of benzene rings is 1. The van der Waals surface area contributed by atoms with E-state index < -0.39 is 10.0 Å². The van der Waals surface area contributed by atoms with E-state index in [9.17, 15) is 13.2 Å². The number of fused-ring (bicyclic) bond motifs is 1. The quantitative estimate of drug-likeness (QED) is 0.448. The highest BCUT2D eigenvalue weighted by atomic mass is 32.2. The lowest BCUT2D eigenvalue weighted by Crippen LogP contribution is -2.50. The van der Waals surface area contributed by atoms with Gasteiger partial charge >= 0.3 is 0 Å². The van der Waals surface area contributed by atoms with Crippen LogP contribution in [0.2, 0.25) is 0 Å². The van der Waals surface area contributed by atoms with E-state index in [1.807, 2.05) is 17.5 Å². The summed E-state index contributed by atoms with van der Waals surface area (Å²) in [5.74, 6) is -0.113. The van der Waals surface area contributed by atoms with Gasteiger partial charge in [-0.25, -0.2) is 13.4 Å². The third-order valence-electron chi connectivity index (χ3n) is 4.84. The van der Waals surface area contributed by atoms with Crippen LogP contribution in [0.1, 0.15) is 9.67 Å². The highest BCUT2D eigenvalue weighted by Crippen LogP contribution is 2.30. The van der Waals surface area contributed by atoms with E-state index in [0.717, 1.165) is 21.6 Å². The van der Waals surface area contributed by atoms with Crippen molar-refractivity contribution in [1.29, 1.82) is 0 Å². The van der Waals surface area contributed by atoms with Gasteiger partial charge in [-0.2, -0.15) is 13.1 Å². The highest BCUT2D eigenvalue weighted by molar-refractivity contribution is 7.89. The molecule has 0 unspecified atom stereocenters. The molecule has 1 aliphatic heterocycles. The number of amides is 1. The molecule has 1 aliphatic rings. The number of piperazine rings is 1. The standard InChI is InChI=1S/C18H15N5O3S4/c24-18(14-11-19-17(28-14)13-4-2-10-27-13)22-6-8-23(9-7-22)30(25,26)15-5-1-3-12-16(15)21-29-20-12/h1-5,10-11H,6-9H2. The summed E-state index contributed by atoms with van der Waals surface area (Å²) in [6.45, 7) is 1.13. The molecule has 0 saturated carbocycles. The number of thiazole rings is 1. The van der Waals surface area contributed by atoms with Crippen LogP contribution in [0.4, 0.5) is 0 Å². The molecule has 1 fully saturated rings. The number of carbonyl (C=O) groups is 1. The average molecular weight is 478 g/mol. The SMILES string of the molecule is O=C(c1cnc(-c2cccs2)s1)N1CCN(S(=O)(=O)c2cccc3nsnc23)CC1. The summed E-state index contributed by atoms with van der Waals surface area (Å²) in [7, 11) is -3.71. The molecule has 0 N–H and O–H groups in total. The summed E-state index contributed by atoms with van der Waals surface area (Å²) >= 11 is 3.93. The van der Waals surface area contributed by atoms with E-state index in [4.69, 9.17) is 0 Å². The summed E-state index contributed by atoms with van der Waals surface area (Å²) < 4.78 is 35.9. The molecule has 4 heterocycles. The van der Waals surface area contributed by atoms with Crippen molar-refractivity contribution in [1.82, 2.24) is 22.9 Å². The molecule has 0 spiro atoms. The van der Waals surface area contributed by atoms with Crippen LogP contribution >= 0.6 is 34.4 Å². The van der Waals surface area contributed by atoms with E-state index in [1.165, 1.54) is 15.6 Å². The lowest BCUT2D eigenvalue weighted by Gasteiger charge is -2.33. The molecular weight excluding hydrogens is 462 g/mol. The second-order valence-electron chi connectivity index (χ2n) is 6.59. The van der Waals surface area contributed by atoms with Gasteiger partial charge in [0.15, 0.2) is 0 Å². The molecule has 0 atom stereocenters. The van der Waals surface area contributed by atoms with Gasteiger partial charge in [0.05, 0.1) is 22.8 Å². The number of hydrogen-bond donors (Lipinski definition) is 0. The van der Waals surface area contributed by atoms with Crippen molar-refractivity contribution >= 4 is 61.4 Å². The van der Waals surface area contributed by atoms with Gasteiger partial charge in [-0.1, -0.05) is 12.1 Å². The maximum absolute atomic E-state index is 13.1. The summed E-state index contributed by atoms with van der Waals surface area (Å²) in [6.07, 6.45) is 1.60. The Hall–Kier alpha value is -2.25. The summed E-state index contributed by atoms with van der Waals surface area (Å²) in [6, 6.07) is 8.89. The maximum Gasteiger partial charge on any atom is 0.265 e. The van der Waals surface area contributed by atoms with E-state index in [1.54, 1.807) is 40.6 Å². The lowest BCUT2D eigenvalue weighted by atomic mass is 10.3. The smallest absolute Gasteiger partial charge is 0.265 e. The summed E-state index contributed by atoms with van der Waals surface area (Å²) in [4.78, 5) is 20.7. The Morgan fingerprint density at radius 3 is 2.63 bits per heavy atom. The van der Waals surface area contributed by atoms with Crippen molar-refractivity contribution in [3.63, 3.8) is 0 Å². The zero-order valence-electron chi connectivity index (χ0n) is 15.5. The normalized spacial score (nSPS) is 15.7. The molecule has 1 aromatic carbocycles. The Labute approximate surface area is 184 Å². The minimum absolute atomic E-state index is 0.113. The fourth-order valence-corrected chi connectivity index (χ4v) is 7.17. The second-order valence-corrected chi connectivity index (χ2v) is 11.0. The summed E-state index contributed by atoms with van der Waals surface area (Å²) in [5.41, 5.74) is 0.966. The molecule has 5 rings (SSSR count). The van der Waals surface area contributed by atoms with Crippen molar-refractivity contribution in [2.24, 2.45) is 0 Å². The van der Waals surface area contributed by atoms with Crippen LogP contribution in [-0.2, 0) is 10.0 Å². The first-order valence-corrected chi connectivity index (χ1v) is 12.9. The molecule has 0 radical (unpaired) electrons. The minimum Gasteiger partial charge on any atom is -0.335 e. The Morgan fingerprint density at radius 2 is 1.87 bits per heavy atom. The Bertz CT molecular complexity index is 1300. The first-order valence-electron chi connectivity index (χ1n) is 9.04. The fourth-order valence-electron chi connectivity index (χ4n) is 3.30. The number of nitrogens with zero attached hydrogens (tertiary/aromatic N) is 5. The van der Waals surface area contributed by atoms with Crippen molar-refractivity contribution in [3.8, 4) is 9.88 Å². The van der Waals surface area contributed by atoms with Crippen molar-refractivity contribution in [3.05, 3.63) is 46.8 Å². The first kappa shape index (κ1) is 19.7. The number of thiophene rings is 1. The molecular formula is C18H15N5O3S4. The molecule has 12 heteroatoms. The van der Waals surface area contributed by atoms with Crippen molar-refractivity contribution in [2.75, 3.05) is 26.2 Å². The Kier molecular flexibility index (Phi) is 5.11. The number of rotatable bonds is 4. The topological polar surface area (TPSA) is 96.4 Å². The molecule has 0 bridgehead atoms. The van der Waals surface area contributed by atoms with Crippen LogP contribution < -0.4 is 0 Å². The largest absolute Gasteiger partial charge is 0.335 e. The van der Waals surface area contributed by atoms with Crippen molar-refractivity contribution < 1.29 is 13.2 Å². The molecule has 30 heavy (non-hydrogen) atoms. The van der Waals surface area contributed by atoms with E-state index in [-0.39, 0.29) is 23.9 Å². The predicted octanol–water partition coefficient (Wildman–Crippen LogP) is 3.02. The molecule has 154 valence electrons. The van der Waals surface area contributed by atoms with Crippen LogP contribution in [0.25, 0.3) is 20.9 Å². The minimum atomic E-state index is -3.71. The molecule has 0 aliphatic carbocycles. The van der Waals surface area contributed by atoms with Gasteiger partial charge in [0, 0.05) is 26.2 Å². The summed E-state index contributed by atoms with van der Waals surface area (Å²) in [5, 5.41) is 2.79. The van der Waals surface area contributed by atoms with Crippen LogP contribution in [0, 0.1) is 0 Å². The van der Waals surface area contributed by atoms with Gasteiger partial charge in [0.25, 0.3) is 5.91 Å². The van der Waals surface area contributed by atoms with Crippen LogP contribution in [0.15, 0.2) is 46.8 Å². The van der Waals surface area contributed by atoms with Crippen LogP contribution in [0.5, 0.6) is 0 Å². The maximum atomic E-state index is 13.1. The predicted molar refractivity (Wildman–Crippen MR) is 118 cm³/mol. The lowest BCUT2D eigenvalue weighted by molar-refractivity contribution is 0.0702. The van der Waals surface area contributed by atoms with Gasteiger partial charge in [0.2, 0.25) is 10.0 Å². The molecule has 1 amide bonds. The van der Waals surface area contributed by atoms with Crippen LogP contribution in [-0.4, -0.2) is 63.4 Å². The highest BCUT2D eigenvalue weighted by Gasteiger charge is 2.32. The monoisotopic (exact) mass is 477 g/mol. The fraction of sp³-hybridized carbons (Fsp3) is 0.222. The average Bonchev–Trinajstić information content (AvgIpc) is 3.53. The first-order chi connectivity index (χ1) is 14.5. The number of carbonyl (C=O) groups excluding carboxylic acids is 1. The van der Waals surface area contributed by atoms with E-state index >= 15 is 0 Å². The number of hydrogen-bond acceptors (Lipinski definition) is 9.